The minimum Gasteiger partial charge on any atom is -0.258 e. The van der Waals surface area contributed by atoms with Crippen LogP contribution >= 0.6 is 46.4 Å². The van der Waals surface area contributed by atoms with Crippen LogP contribution in [0.4, 0.5) is 45.5 Å². The normalized spacial score (nSPS) is 10.9. The highest BCUT2D eigenvalue weighted by Gasteiger charge is 2.44. The maximum absolute atomic E-state index is 11.5. The van der Waals surface area contributed by atoms with E-state index in [1.54, 1.807) is 0 Å². The lowest BCUT2D eigenvalue weighted by Gasteiger charge is -2.06. The van der Waals surface area contributed by atoms with Crippen LogP contribution in [0, 0.1) is 60.7 Å². The minimum absolute atomic E-state index is 1.38. The van der Waals surface area contributed by atoms with E-state index in [1.807, 2.05) is 0 Å². The quantitative estimate of drug-likeness (QED) is 0.190. The summed E-state index contributed by atoms with van der Waals surface area (Å²) in [5.74, 6) is 0. The summed E-state index contributed by atoms with van der Waals surface area (Å²) in [5, 5.41) is 68.9. The molecule has 0 bridgehead atoms. The third-order valence-electron chi connectivity index (χ3n) is 3.91. The average molecular weight is 590 g/mol. The van der Waals surface area contributed by atoms with Crippen molar-refractivity contribution in [3.05, 3.63) is 80.8 Å². The van der Waals surface area contributed by atoms with Crippen molar-refractivity contribution < 1.29 is 29.5 Å². The SMILES string of the molecule is O=[N+]([O-])c1c(Cl)c([N+](=O)[O-])c(N=Nc2c([N+](=O)[O-])c(Cl)c([N+](=O)[O-])c(Cl)c2[N+](=O)[O-])c([N+](=O)[O-])c1Cl. The van der Waals surface area contributed by atoms with E-state index in [4.69, 9.17) is 46.4 Å². The summed E-state index contributed by atoms with van der Waals surface area (Å²) < 4.78 is 0. The molecule has 0 spiro atoms. The van der Waals surface area contributed by atoms with Crippen molar-refractivity contribution >= 4 is 91.9 Å². The van der Waals surface area contributed by atoms with Gasteiger partial charge in [0.1, 0.15) is 0 Å². The fourth-order valence-electron chi connectivity index (χ4n) is 2.56. The summed E-state index contributed by atoms with van der Waals surface area (Å²) in [6, 6.07) is 0. The van der Waals surface area contributed by atoms with Crippen LogP contribution in [0.15, 0.2) is 10.2 Å². The molecule has 24 heteroatoms. The first-order valence-electron chi connectivity index (χ1n) is 7.94. The highest BCUT2D eigenvalue weighted by Crippen LogP contribution is 2.55. The molecule has 0 saturated heterocycles. The number of hydrogen-bond donors (Lipinski definition) is 0. The lowest BCUT2D eigenvalue weighted by atomic mass is 10.2. The Morgan fingerprint density at radius 2 is 0.556 bits per heavy atom. The van der Waals surface area contributed by atoms with Gasteiger partial charge in [-0.25, -0.2) is 0 Å². The lowest BCUT2D eigenvalue weighted by molar-refractivity contribution is -0.402. The molecule has 0 amide bonds. The van der Waals surface area contributed by atoms with Gasteiger partial charge in [0.2, 0.25) is 31.5 Å². The molecule has 20 nitrogen and oxygen atoms in total. The molecule has 2 aromatic rings. The van der Waals surface area contributed by atoms with Gasteiger partial charge in [0.15, 0.2) is 0 Å². The monoisotopic (exact) mass is 588 g/mol. The number of azo groups is 1. The summed E-state index contributed by atoms with van der Waals surface area (Å²) in [6.45, 7) is 0. The van der Waals surface area contributed by atoms with Crippen LogP contribution in [-0.2, 0) is 0 Å². The van der Waals surface area contributed by atoms with Gasteiger partial charge in [0.25, 0.3) is 0 Å². The standard InChI is InChI=1S/C12Cl4N8O12/c13-1-7(19(25)26)2(14)10(22(31)32)5(9(1)21(29)30)17-18-6-11(23(33)34)3(15)8(20(27)28)4(16)12(6)24(35)36. The Morgan fingerprint density at radius 3 is 0.694 bits per heavy atom. The van der Waals surface area contributed by atoms with Gasteiger partial charge in [-0.1, -0.05) is 46.4 Å². The lowest BCUT2D eigenvalue weighted by Crippen LogP contribution is -2.02. The molecule has 36 heavy (non-hydrogen) atoms. The van der Waals surface area contributed by atoms with E-state index in [-0.39, 0.29) is 0 Å². The van der Waals surface area contributed by atoms with Gasteiger partial charge in [-0.2, -0.15) is 0 Å². The van der Waals surface area contributed by atoms with Crippen molar-refractivity contribution in [3.63, 3.8) is 0 Å². The molecular weight excluding hydrogens is 590 g/mol. The van der Waals surface area contributed by atoms with E-state index in [0.29, 0.717) is 0 Å². The molecular formula is C12Cl4N8O12. The number of nitrogens with zero attached hydrogens (tertiary/aromatic N) is 8. The molecule has 0 saturated carbocycles. The topological polar surface area (TPSA) is 284 Å². The van der Waals surface area contributed by atoms with Crippen LogP contribution in [0.1, 0.15) is 0 Å². The Kier molecular flexibility index (Phi) is 7.79. The molecule has 0 aromatic heterocycles. The van der Waals surface area contributed by atoms with Crippen LogP contribution in [0.25, 0.3) is 0 Å². The fraction of sp³-hybridized carbons (Fsp3) is 0. The highest BCUT2D eigenvalue weighted by molar-refractivity contribution is 6.42. The Hall–Kier alpha value is -4.40. The predicted octanol–water partition coefficient (Wildman–Crippen LogP) is 6.16. The van der Waals surface area contributed by atoms with Crippen LogP contribution in [-0.4, -0.2) is 29.5 Å². The molecule has 0 atom stereocenters. The summed E-state index contributed by atoms with van der Waals surface area (Å²) >= 11 is 22.4. The Bertz CT molecular complexity index is 1270. The molecule has 0 N–H and O–H groups in total. The van der Waals surface area contributed by atoms with E-state index < -0.39 is 95.1 Å². The molecule has 0 aliphatic rings. The number of nitro benzene ring substituents is 6. The molecule has 0 fully saturated rings. The molecule has 2 aromatic carbocycles. The predicted molar refractivity (Wildman–Crippen MR) is 117 cm³/mol. The van der Waals surface area contributed by atoms with Crippen molar-refractivity contribution in [2.45, 2.75) is 0 Å². The van der Waals surface area contributed by atoms with Gasteiger partial charge in [0, 0.05) is 0 Å². The maximum atomic E-state index is 11.5. The van der Waals surface area contributed by atoms with Gasteiger partial charge in [-0.15, -0.1) is 10.2 Å². The first-order valence-corrected chi connectivity index (χ1v) is 9.45. The Balaban J connectivity index is 3.15. The fourth-order valence-corrected chi connectivity index (χ4v) is 3.94. The second kappa shape index (κ2) is 10.1. The maximum Gasteiger partial charge on any atom is 0.329 e. The summed E-state index contributed by atoms with van der Waals surface area (Å²) in [6.07, 6.45) is 0. The van der Waals surface area contributed by atoms with Crippen LogP contribution in [0.3, 0.4) is 0 Å². The molecule has 0 heterocycles. The van der Waals surface area contributed by atoms with E-state index in [2.05, 4.69) is 10.2 Å². The summed E-state index contributed by atoms with van der Waals surface area (Å²) in [4.78, 5) is 59.6. The van der Waals surface area contributed by atoms with Crippen molar-refractivity contribution in [2.75, 3.05) is 0 Å². The van der Waals surface area contributed by atoms with Gasteiger partial charge in [0.05, 0.1) is 29.5 Å². The van der Waals surface area contributed by atoms with Crippen molar-refractivity contribution in [2.24, 2.45) is 10.2 Å². The average Bonchev–Trinajstić information content (AvgIpc) is 2.69. The van der Waals surface area contributed by atoms with Gasteiger partial charge >= 0.3 is 34.1 Å². The first kappa shape index (κ1) is 27.8. The molecule has 0 aliphatic carbocycles. The number of halogens is 4. The van der Waals surface area contributed by atoms with Crippen molar-refractivity contribution in [1.82, 2.24) is 0 Å². The number of rotatable bonds is 8. The van der Waals surface area contributed by atoms with Crippen LogP contribution in [0.5, 0.6) is 0 Å². The molecule has 188 valence electrons. The smallest absolute Gasteiger partial charge is 0.258 e. The molecule has 0 aliphatic heterocycles. The van der Waals surface area contributed by atoms with Gasteiger partial charge < -0.3 is 0 Å². The summed E-state index contributed by atoms with van der Waals surface area (Å²) in [7, 11) is 0. The summed E-state index contributed by atoms with van der Waals surface area (Å²) in [5.41, 5.74) is -12.5. The zero-order chi connectivity index (χ0) is 27.8. The van der Waals surface area contributed by atoms with Gasteiger partial charge in [-0.3, -0.25) is 60.7 Å². The van der Waals surface area contributed by atoms with E-state index in [9.17, 15) is 60.7 Å². The van der Waals surface area contributed by atoms with E-state index in [1.165, 1.54) is 0 Å². The molecule has 0 radical (unpaired) electrons. The van der Waals surface area contributed by atoms with Crippen molar-refractivity contribution in [1.29, 1.82) is 0 Å². The Morgan fingerprint density at radius 1 is 0.389 bits per heavy atom. The third-order valence-corrected chi connectivity index (χ3v) is 5.34. The molecule has 0 unspecified atom stereocenters. The second-order valence-corrected chi connectivity index (χ2v) is 7.30. The number of hydrogen-bond acceptors (Lipinski definition) is 14. The zero-order valence-corrected chi connectivity index (χ0v) is 19.0. The van der Waals surface area contributed by atoms with Crippen LogP contribution < -0.4 is 0 Å². The van der Waals surface area contributed by atoms with Crippen molar-refractivity contribution in [3.8, 4) is 0 Å². The second-order valence-electron chi connectivity index (χ2n) is 5.79. The largest absolute Gasteiger partial charge is 0.329 e. The number of nitro groups is 6. The van der Waals surface area contributed by atoms with E-state index >= 15 is 0 Å². The first-order chi connectivity index (χ1) is 16.6. The van der Waals surface area contributed by atoms with E-state index in [0.717, 1.165) is 0 Å². The Labute approximate surface area is 212 Å². The number of benzene rings is 2. The van der Waals surface area contributed by atoms with Crippen LogP contribution in [0.2, 0.25) is 20.1 Å². The third kappa shape index (κ3) is 4.59. The zero-order valence-electron chi connectivity index (χ0n) is 16.0. The minimum atomic E-state index is -1.63. The highest BCUT2D eigenvalue weighted by atomic mass is 35.5. The van der Waals surface area contributed by atoms with Gasteiger partial charge in [-0.05, 0) is 0 Å². The molecule has 2 rings (SSSR count).